The number of rotatable bonds is 2. The van der Waals surface area contributed by atoms with E-state index in [1.165, 1.54) is 6.07 Å². The Morgan fingerprint density at radius 2 is 1.85 bits per heavy atom. The number of aromatic nitrogens is 3. The van der Waals surface area contributed by atoms with E-state index in [0.717, 1.165) is 29.8 Å². The minimum absolute atomic E-state index is 0.0300. The molecule has 0 unspecified atom stereocenters. The van der Waals surface area contributed by atoms with Crippen LogP contribution < -0.4 is 0 Å². The molecule has 3 aromatic rings. The van der Waals surface area contributed by atoms with Crippen molar-refractivity contribution < 1.29 is 10.2 Å². The van der Waals surface area contributed by atoms with E-state index in [9.17, 15) is 10.2 Å². The largest absolute Gasteiger partial charge is 0.508 e. The van der Waals surface area contributed by atoms with Crippen molar-refractivity contribution >= 4 is 11.2 Å². The summed E-state index contributed by atoms with van der Waals surface area (Å²) in [6.07, 6.45) is 3.98. The fraction of sp³-hybridized carbons (Fsp3) is 0.200. The molecule has 5 heteroatoms. The summed E-state index contributed by atoms with van der Waals surface area (Å²) in [5.41, 5.74) is 2.39. The third-order valence-corrected chi connectivity index (χ3v) is 3.52. The summed E-state index contributed by atoms with van der Waals surface area (Å²) in [7, 11) is 0. The number of nitrogens with zero attached hydrogens (tertiary/aromatic N) is 3. The Kier molecular flexibility index (Phi) is 2.24. The molecule has 0 bridgehead atoms. The first kappa shape index (κ1) is 11.3. The monoisotopic (exact) mass is 267 g/mol. The van der Waals surface area contributed by atoms with Gasteiger partial charge in [0.25, 0.3) is 0 Å². The third kappa shape index (κ3) is 1.71. The Balaban J connectivity index is 2.01. The van der Waals surface area contributed by atoms with E-state index in [4.69, 9.17) is 0 Å². The van der Waals surface area contributed by atoms with Gasteiger partial charge in [0, 0.05) is 23.9 Å². The molecule has 2 aromatic heterocycles. The average Bonchev–Trinajstić information content (AvgIpc) is 3.17. The van der Waals surface area contributed by atoms with Crippen LogP contribution in [-0.2, 0) is 0 Å². The highest BCUT2D eigenvalue weighted by Gasteiger charge is 2.29. The van der Waals surface area contributed by atoms with Crippen LogP contribution in [0.4, 0.5) is 0 Å². The van der Waals surface area contributed by atoms with E-state index in [0.29, 0.717) is 11.6 Å². The zero-order valence-electron chi connectivity index (χ0n) is 10.7. The lowest BCUT2D eigenvalue weighted by Gasteiger charge is -2.07. The second-order valence-corrected chi connectivity index (χ2v) is 5.12. The summed E-state index contributed by atoms with van der Waals surface area (Å²) >= 11 is 0. The number of pyridine rings is 1. The number of benzene rings is 1. The maximum absolute atomic E-state index is 9.66. The van der Waals surface area contributed by atoms with E-state index in [2.05, 4.69) is 14.5 Å². The SMILES string of the molecule is Oc1cc(O)cc(-c2nc3cccnc3n2C2CC2)c1. The molecular formula is C15H13N3O2. The smallest absolute Gasteiger partial charge is 0.160 e. The van der Waals surface area contributed by atoms with E-state index >= 15 is 0 Å². The fourth-order valence-electron chi connectivity index (χ4n) is 2.54. The van der Waals surface area contributed by atoms with Gasteiger partial charge in [-0.25, -0.2) is 9.97 Å². The highest BCUT2D eigenvalue weighted by molar-refractivity contribution is 5.78. The van der Waals surface area contributed by atoms with Gasteiger partial charge in [0.05, 0.1) is 0 Å². The van der Waals surface area contributed by atoms with Crippen molar-refractivity contribution in [2.75, 3.05) is 0 Å². The number of phenols is 2. The Morgan fingerprint density at radius 1 is 1.10 bits per heavy atom. The molecule has 1 aliphatic carbocycles. The number of phenolic OH excluding ortho intramolecular Hbond substituents is 2. The molecule has 0 amide bonds. The topological polar surface area (TPSA) is 71.2 Å². The van der Waals surface area contributed by atoms with Gasteiger partial charge >= 0.3 is 0 Å². The Labute approximate surface area is 115 Å². The summed E-state index contributed by atoms with van der Waals surface area (Å²) < 4.78 is 2.10. The van der Waals surface area contributed by atoms with Gasteiger partial charge in [-0.3, -0.25) is 0 Å². The van der Waals surface area contributed by atoms with Gasteiger partial charge < -0.3 is 14.8 Å². The molecule has 1 fully saturated rings. The normalized spacial score (nSPS) is 14.8. The van der Waals surface area contributed by atoms with Crippen LogP contribution in [0.2, 0.25) is 0 Å². The van der Waals surface area contributed by atoms with E-state index in [1.807, 2.05) is 12.1 Å². The van der Waals surface area contributed by atoms with Crippen LogP contribution in [-0.4, -0.2) is 24.7 Å². The Hall–Kier alpha value is -2.56. The van der Waals surface area contributed by atoms with Crippen molar-refractivity contribution in [1.29, 1.82) is 0 Å². The first-order valence-electron chi connectivity index (χ1n) is 6.59. The molecule has 0 atom stereocenters. The van der Waals surface area contributed by atoms with Crippen LogP contribution in [0.25, 0.3) is 22.6 Å². The minimum atomic E-state index is 0.0300. The number of imidazole rings is 1. The first-order chi connectivity index (χ1) is 9.72. The lowest BCUT2D eigenvalue weighted by atomic mass is 10.2. The van der Waals surface area contributed by atoms with Crippen molar-refractivity contribution in [3.63, 3.8) is 0 Å². The molecule has 4 rings (SSSR count). The molecule has 5 nitrogen and oxygen atoms in total. The molecule has 1 saturated carbocycles. The summed E-state index contributed by atoms with van der Waals surface area (Å²) in [5.74, 6) is 0.803. The van der Waals surface area contributed by atoms with Crippen molar-refractivity contribution in [2.24, 2.45) is 0 Å². The zero-order chi connectivity index (χ0) is 13.7. The molecule has 0 radical (unpaired) electrons. The first-order valence-corrected chi connectivity index (χ1v) is 6.59. The molecule has 2 N–H and O–H groups in total. The van der Waals surface area contributed by atoms with Crippen LogP contribution in [0.15, 0.2) is 36.5 Å². The fourth-order valence-corrected chi connectivity index (χ4v) is 2.54. The van der Waals surface area contributed by atoms with E-state index in [1.54, 1.807) is 18.3 Å². The highest BCUT2D eigenvalue weighted by Crippen LogP contribution is 2.41. The number of hydrogen-bond donors (Lipinski definition) is 2. The van der Waals surface area contributed by atoms with E-state index in [-0.39, 0.29) is 11.5 Å². The number of fused-ring (bicyclic) bond motifs is 1. The van der Waals surface area contributed by atoms with Crippen LogP contribution in [0, 0.1) is 0 Å². The lowest BCUT2D eigenvalue weighted by Crippen LogP contribution is -1.98. The average molecular weight is 267 g/mol. The molecule has 100 valence electrons. The van der Waals surface area contributed by atoms with Gasteiger partial charge in [-0.15, -0.1) is 0 Å². The Morgan fingerprint density at radius 3 is 2.55 bits per heavy atom. The lowest BCUT2D eigenvalue weighted by molar-refractivity contribution is 0.451. The quantitative estimate of drug-likeness (QED) is 0.749. The zero-order valence-corrected chi connectivity index (χ0v) is 10.7. The predicted octanol–water partition coefficient (Wildman–Crippen LogP) is 2.84. The second kappa shape index (κ2) is 3.96. The van der Waals surface area contributed by atoms with Gasteiger partial charge in [0.2, 0.25) is 0 Å². The van der Waals surface area contributed by atoms with Gasteiger partial charge in [-0.1, -0.05) is 0 Å². The maximum atomic E-state index is 9.66. The van der Waals surface area contributed by atoms with Gasteiger partial charge in [0.1, 0.15) is 22.8 Å². The van der Waals surface area contributed by atoms with Crippen molar-refractivity contribution in [3.8, 4) is 22.9 Å². The van der Waals surface area contributed by atoms with Crippen LogP contribution >= 0.6 is 0 Å². The van der Waals surface area contributed by atoms with Gasteiger partial charge in [0.15, 0.2) is 5.65 Å². The third-order valence-electron chi connectivity index (χ3n) is 3.52. The highest BCUT2D eigenvalue weighted by atomic mass is 16.3. The second-order valence-electron chi connectivity index (χ2n) is 5.12. The summed E-state index contributed by atoms with van der Waals surface area (Å²) in [6.45, 7) is 0. The summed E-state index contributed by atoms with van der Waals surface area (Å²) in [5, 5.41) is 19.3. The molecule has 0 saturated heterocycles. The minimum Gasteiger partial charge on any atom is -0.508 e. The maximum Gasteiger partial charge on any atom is 0.160 e. The molecule has 0 spiro atoms. The number of hydrogen-bond acceptors (Lipinski definition) is 4. The van der Waals surface area contributed by atoms with Crippen LogP contribution in [0.3, 0.4) is 0 Å². The van der Waals surface area contributed by atoms with Crippen molar-refractivity contribution in [1.82, 2.24) is 14.5 Å². The molecule has 1 aliphatic rings. The van der Waals surface area contributed by atoms with Gasteiger partial charge in [-0.05, 0) is 37.1 Å². The summed E-state index contributed by atoms with van der Waals surface area (Å²) in [6, 6.07) is 8.73. The molecule has 1 aromatic carbocycles. The van der Waals surface area contributed by atoms with Gasteiger partial charge in [-0.2, -0.15) is 0 Å². The predicted molar refractivity (Wildman–Crippen MR) is 74.6 cm³/mol. The molecule has 20 heavy (non-hydrogen) atoms. The Bertz CT molecular complexity index is 786. The molecule has 2 heterocycles. The standard InChI is InChI=1S/C15H13N3O2/c19-11-6-9(7-12(20)8-11)14-17-13-2-1-5-16-15(13)18(14)10-3-4-10/h1-2,5-8,10,19-20H,3-4H2. The van der Waals surface area contributed by atoms with E-state index < -0.39 is 0 Å². The molecular weight excluding hydrogens is 254 g/mol. The molecule has 0 aliphatic heterocycles. The van der Waals surface area contributed by atoms with Crippen LogP contribution in [0.5, 0.6) is 11.5 Å². The van der Waals surface area contributed by atoms with Crippen molar-refractivity contribution in [3.05, 3.63) is 36.5 Å². The van der Waals surface area contributed by atoms with Crippen molar-refractivity contribution in [2.45, 2.75) is 18.9 Å². The van der Waals surface area contributed by atoms with Crippen LogP contribution in [0.1, 0.15) is 18.9 Å². The summed E-state index contributed by atoms with van der Waals surface area (Å²) in [4.78, 5) is 9.01. The number of aromatic hydroxyl groups is 2.